The second-order valence-electron chi connectivity index (χ2n) is 5.58. The van der Waals surface area contributed by atoms with Crippen molar-refractivity contribution in [3.05, 3.63) is 71.4 Å². The molecule has 0 saturated carbocycles. The molecule has 0 unspecified atom stereocenters. The summed E-state index contributed by atoms with van der Waals surface area (Å²) >= 11 is 1.25. The molecule has 3 aromatic rings. The van der Waals surface area contributed by atoms with E-state index in [0.29, 0.717) is 22.3 Å². The Hall–Kier alpha value is -3.40. The number of oxime groups is 1. The zero-order chi connectivity index (χ0) is 20.6. The summed E-state index contributed by atoms with van der Waals surface area (Å²) in [5.41, 5.74) is 0.967. The van der Waals surface area contributed by atoms with Crippen LogP contribution in [0.1, 0.15) is 17.0 Å². The molecule has 1 aromatic heterocycles. The van der Waals surface area contributed by atoms with Crippen LogP contribution >= 0.6 is 11.8 Å². The predicted octanol–water partition coefficient (Wildman–Crippen LogP) is 3.52. The van der Waals surface area contributed by atoms with Crippen molar-refractivity contribution in [2.24, 2.45) is 5.16 Å². The van der Waals surface area contributed by atoms with Crippen LogP contribution in [0, 0.1) is 5.82 Å². The normalized spacial score (nSPS) is 11.3. The molecule has 0 aliphatic carbocycles. The van der Waals surface area contributed by atoms with Crippen molar-refractivity contribution in [1.29, 1.82) is 0 Å². The molecule has 1 heterocycles. The van der Waals surface area contributed by atoms with Crippen LogP contribution in [-0.4, -0.2) is 34.1 Å². The van der Waals surface area contributed by atoms with E-state index in [-0.39, 0.29) is 24.0 Å². The largest absolute Gasteiger partial charge is 0.484 e. The van der Waals surface area contributed by atoms with Gasteiger partial charge in [-0.3, -0.25) is 0 Å². The van der Waals surface area contributed by atoms with E-state index in [9.17, 15) is 14.3 Å². The van der Waals surface area contributed by atoms with Crippen LogP contribution in [0.4, 0.5) is 4.39 Å². The van der Waals surface area contributed by atoms with E-state index < -0.39 is 5.97 Å². The van der Waals surface area contributed by atoms with E-state index in [1.54, 1.807) is 24.3 Å². The first kappa shape index (κ1) is 20.3. The zero-order valence-electron chi connectivity index (χ0n) is 15.2. The molecular weight excluding hydrogens is 401 g/mol. The number of aliphatic carboxylic acids is 1. The van der Waals surface area contributed by atoms with Gasteiger partial charge in [-0.2, -0.15) is 0 Å². The van der Waals surface area contributed by atoms with Gasteiger partial charge in [0.05, 0.1) is 0 Å². The summed E-state index contributed by atoms with van der Waals surface area (Å²) in [4.78, 5) is 16.1. The van der Waals surface area contributed by atoms with Gasteiger partial charge in [0, 0.05) is 11.3 Å². The van der Waals surface area contributed by atoms with Gasteiger partial charge in [-0.15, -0.1) is 10.2 Å². The fourth-order valence-corrected chi connectivity index (χ4v) is 3.13. The van der Waals surface area contributed by atoms with E-state index in [0.717, 1.165) is 5.56 Å². The maximum atomic E-state index is 12.9. The van der Waals surface area contributed by atoms with E-state index in [4.69, 9.17) is 9.15 Å². The van der Waals surface area contributed by atoms with E-state index in [2.05, 4.69) is 20.2 Å². The Morgan fingerprint density at radius 3 is 2.69 bits per heavy atom. The Bertz CT molecular complexity index is 1010. The number of carbonyl (C=O) groups is 1. The van der Waals surface area contributed by atoms with Crippen LogP contribution in [0.5, 0.6) is 5.75 Å². The Morgan fingerprint density at radius 2 is 1.97 bits per heavy atom. The summed E-state index contributed by atoms with van der Waals surface area (Å²) in [7, 11) is 1.29. The SMILES string of the molecule is CON=C(C(=O)O)c1ccccc1CSc1nnc(COc2ccc(F)cc2)o1. The fraction of sp³-hybridized carbons (Fsp3) is 0.158. The highest BCUT2D eigenvalue weighted by Gasteiger charge is 2.18. The molecule has 3 rings (SSSR count). The number of halogens is 1. The average molecular weight is 417 g/mol. The topological polar surface area (TPSA) is 107 Å². The highest BCUT2D eigenvalue weighted by molar-refractivity contribution is 7.98. The molecule has 8 nitrogen and oxygen atoms in total. The van der Waals surface area contributed by atoms with Gasteiger partial charge in [0.2, 0.25) is 0 Å². The van der Waals surface area contributed by atoms with Crippen molar-refractivity contribution >= 4 is 23.4 Å². The van der Waals surface area contributed by atoms with Gasteiger partial charge < -0.3 is 19.1 Å². The number of ether oxygens (including phenoxy) is 1. The molecule has 0 aliphatic rings. The molecule has 0 fully saturated rings. The van der Waals surface area contributed by atoms with Crippen molar-refractivity contribution in [2.45, 2.75) is 17.6 Å². The third-order valence-corrected chi connectivity index (χ3v) is 4.50. The minimum absolute atomic E-state index is 0.0411. The Kier molecular flexibility index (Phi) is 6.80. The lowest BCUT2D eigenvalue weighted by Gasteiger charge is -2.07. The number of benzene rings is 2. The van der Waals surface area contributed by atoms with Gasteiger partial charge in [0.25, 0.3) is 11.1 Å². The van der Waals surface area contributed by atoms with E-state index in [1.165, 1.54) is 43.1 Å². The van der Waals surface area contributed by atoms with Gasteiger partial charge in [-0.25, -0.2) is 9.18 Å². The minimum Gasteiger partial charge on any atom is -0.484 e. The van der Waals surface area contributed by atoms with Gasteiger partial charge in [-0.1, -0.05) is 41.2 Å². The highest BCUT2D eigenvalue weighted by atomic mass is 32.2. The maximum Gasteiger partial charge on any atom is 0.358 e. The van der Waals surface area contributed by atoms with Crippen LogP contribution < -0.4 is 4.74 Å². The number of carboxylic acids is 1. The number of nitrogens with zero attached hydrogens (tertiary/aromatic N) is 3. The number of aromatic nitrogens is 2. The first-order valence-corrected chi connectivity index (χ1v) is 9.31. The van der Waals surface area contributed by atoms with Crippen molar-refractivity contribution < 1.29 is 28.3 Å². The van der Waals surface area contributed by atoms with Gasteiger partial charge in [0.1, 0.15) is 18.7 Å². The molecule has 0 aliphatic heterocycles. The predicted molar refractivity (Wildman–Crippen MR) is 102 cm³/mol. The number of rotatable bonds is 9. The highest BCUT2D eigenvalue weighted by Crippen LogP contribution is 2.24. The molecule has 150 valence electrons. The lowest BCUT2D eigenvalue weighted by Crippen LogP contribution is -2.16. The van der Waals surface area contributed by atoms with E-state index in [1.807, 2.05) is 0 Å². The summed E-state index contributed by atoms with van der Waals surface area (Å²) in [6.07, 6.45) is 0. The summed E-state index contributed by atoms with van der Waals surface area (Å²) < 4.78 is 23.9. The van der Waals surface area contributed by atoms with Crippen LogP contribution in [0.25, 0.3) is 0 Å². The minimum atomic E-state index is -1.19. The van der Waals surface area contributed by atoms with Gasteiger partial charge in [-0.05, 0) is 29.8 Å². The molecule has 29 heavy (non-hydrogen) atoms. The standard InChI is InChI=1S/C19H16FN3O5S/c1-26-23-17(18(24)25)15-5-3-2-4-12(15)11-29-19-22-21-16(28-19)10-27-14-8-6-13(20)7-9-14/h2-9H,10-11H2,1H3,(H,24,25). The molecule has 0 spiro atoms. The summed E-state index contributed by atoms with van der Waals surface area (Å²) in [5, 5.41) is 21.1. The zero-order valence-corrected chi connectivity index (χ0v) is 16.1. The Balaban J connectivity index is 1.63. The summed E-state index contributed by atoms with van der Waals surface area (Å²) in [5.74, 6) is -0.422. The van der Waals surface area contributed by atoms with Crippen molar-refractivity contribution in [3.8, 4) is 5.75 Å². The third kappa shape index (κ3) is 5.55. The third-order valence-electron chi connectivity index (χ3n) is 3.63. The second-order valence-corrected chi connectivity index (χ2v) is 6.50. The quantitative estimate of drug-likeness (QED) is 0.320. The van der Waals surface area contributed by atoms with Gasteiger partial charge >= 0.3 is 5.97 Å². The number of thioether (sulfide) groups is 1. The van der Waals surface area contributed by atoms with Crippen LogP contribution in [0.15, 0.2) is 63.3 Å². The fourth-order valence-electron chi connectivity index (χ4n) is 2.34. The van der Waals surface area contributed by atoms with Crippen LogP contribution in [0.2, 0.25) is 0 Å². The molecule has 10 heteroatoms. The molecule has 0 amide bonds. The van der Waals surface area contributed by atoms with Crippen molar-refractivity contribution in [1.82, 2.24) is 10.2 Å². The smallest absolute Gasteiger partial charge is 0.358 e. The monoisotopic (exact) mass is 417 g/mol. The van der Waals surface area contributed by atoms with Crippen molar-refractivity contribution in [3.63, 3.8) is 0 Å². The maximum absolute atomic E-state index is 12.9. The molecule has 0 radical (unpaired) electrons. The molecule has 1 N–H and O–H groups in total. The number of hydrogen-bond acceptors (Lipinski definition) is 8. The van der Waals surface area contributed by atoms with Gasteiger partial charge in [0.15, 0.2) is 12.3 Å². The molecule has 0 bridgehead atoms. The second kappa shape index (κ2) is 9.69. The number of hydrogen-bond donors (Lipinski definition) is 1. The average Bonchev–Trinajstić information content (AvgIpc) is 3.18. The summed E-state index contributed by atoms with van der Waals surface area (Å²) in [6, 6.07) is 12.5. The molecule has 0 saturated heterocycles. The van der Waals surface area contributed by atoms with Crippen molar-refractivity contribution in [2.75, 3.05) is 7.11 Å². The molecular formula is C19H16FN3O5S. The van der Waals surface area contributed by atoms with E-state index >= 15 is 0 Å². The van der Waals surface area contributed by atoms with Crippen LogP contribution in [0.3, 0.4) is 0 Å². The first-order chi connectivity index (χ1) is 14.1. The van der Waals surface area contributed by atoms with Crippen LogP contribution in [-0.2, 0) is 22.0 Å². The Morgan fingerprint density at radius 1 is 1.21 bits per heavy atom. The lowest BCUT2D eigenvalue weighted by molar-refractivity contribution is -0.129. The molecule has 0 atom stereocenters. The summed E-state index contributed by atoms with van der Waals surface area (Å²) in [6.45, 7) is 0.0411. The number of carboxylic acid groups (broad SMARTS) is 1. The lowest BCUT2D eigenvalue weighted by atomic mass is 10.0. The Labute approximate surface area is 169 Å². The first-order valence-electron chi connectivity index (χ1n) is 8.33. The molecule has 2 aromatic carbocycles.